The Morgan fingerprint density at radius 2 is 1.57 bits per heavy atom. The van der Waals surface area contributed by atoms with Gasteiger partial charge in [0.2, 0.25) is 5.91 Å². The molecular formula is C31H38N2O4. The first kappa shape index (κ1) is 27.8. The molecular weight excluding hydrogens is 464 g/mol. The van der Waals surface area contributed by atoms with Crippen LogP contribution in [0.25, 0.3) is 0 Å². The maximum atomic E-state index is 13.7. The molecule has 0 fully saturated rings. The van der Waals surface area contributed by atoms with Gasteiger partial charge in [-0.1, -0.05) is 55.5 Å². The van der Waals surface area contributed by atoms with Crippen LogP contribution in [0.15, 0.2) is 72.8 Å². The lowest BCUT2D eigenvalue weighted by atomic mass is 10.0. The molecule has 3 rings (SSSR count). The number of ether oxygens (including phenoxy) is 2. The van der Waals surface area contributed by atoms with E-state index in [1.54, 1.807) is 12.0 Å². The number of amides is 2. The second-order valence-corrected chi connectivity index (χ2v) is 9.51. The fourth-order valence-corrected chi connectivity index (χ4v) is 4.21. The van der Waals surface area contributed by atoms with E-state index in [1.165, 1.54) is 0 Å². The zero-order valence-corrected chi connectivity index (χ0v) is 22.5. The Balaban J connectivity index is 1.94. The van der Waals surface area contributed by atoms with Gasteiger partial charge in [0.25, 0.3) is 5.91 Å². The molecule has 0 saturated carbocycles. The number of rotatable bonds is 12. The van der Waals surface area contributed by atoms with Crippen molar-refractivity contribution in [2.45, 2.75) is 59.2 Å². The number of hydrogen-bond acceptors (Lipinski definition) is 4. The van der Waals surface area contributed by atoms with Gasteiger partial charge < -0.3 is 19.7 Å². The smallest absolute Gasteiger partial charge is 0.261 e. The molecule has 196 valence electrons. The van der Waals surface area contributed by atoms with Crippen LogP contribution in [0.5, 0.6) is 11.5 Å². The van der Waals surface area contributed by atoms with Crippen molar-refractivity contribution in [3.63, 3.8) is 0 Å². The summed E-state index contributed by atoms with van der Waals surface area (Å²) in [7, 11) is 1.61. The first-order valence-corrected chi connectivity index (χ1v) is 12.8. The van der Waals surface area contributed by atoms with Gasteiger partial charge in [0.05, 0.1) is 7.11 Å². The first-order valence-electron chi connectivity index (χ1n) is 12.8. The molecule has 0 aliphatic heterocycles. The summed E-state index contributed by atoms with van der Waals surface area (Å²) in [5, 5.41) is 3.08. The molecule has 0 heterocycles. The Morgan fingerprint density at radius 1 is 0.892 bits per heavy atom. The van der Waals surface area contributed by atoms with Crippen LogP contribution in [-0.4, -0.2) is 42.5 Å². The van der Waals surface area contributed by atoms with E-state index < -0.39 is 6.04 Å². The van der Waals surface area contributed by atoms with Crippen molar-refractivity contribution < 1.29 is 19.1 Å². The van der Waals surface area contributed by atoms with Gasteiger partial charge in [-0.25, -0.2) is 0 Å². The third-order valence-electron chi connectivity index (χ3n) is 6.32. The molecule has 0 aliphatic carbocycles. The standard InChI is InChI=1S/C31H38N2O4/c1-6-24(4)32-31(35)29(19-25-11-8-7-9-12-25)33(20-26-13-10-14-27(18-26)36-5)30(34)21-37-28-16-22(2)15-23(3)17-28/h7-18,24,29H,6,19-21H2,1-5H3,(H,32,35)/t24-,29-/m0/s1. The van der Waals surface area contributed by atoms with Gasteiger partial charge in [0.15, 0.2) is 6.61 Å². The number of benzene rings is 3. The summed E-state index contributed by atoms with van der Waals surface area (Å²) in [5.74, 6) is 0.888. The third-order valence-corrected chi connectivity index (χ3v) is 6.32. The van der Waals surface area contributed by atoms with E-state index in [0.717, 1.165) is 28.7 Å². The predicted molar refractivity (Wildman–Crippen MR) is 147 cm³/mol. The highest BCUT2D eigenvalue weighted by Crippen LogP contribution is 2.20. The number of nitrogens with zero attached hydrogens (tertiary/aromatic N) is 1. The lowest BCUT2D eigenvalue weighted by Gasteiger charge is -2.32. The molecule has 6 nitrogen and oxygen atoms in total. The summed E-state index contributed by atoms with van der Waals surface area (Å²) in [6, 6.07) is 22.5. The van der Waals surface area contributed by atoms with E-state index in [0.29, 0.717) is 17.9 Å². The zero-order chi connectivity index (χ0) is 26.8. The Kier molecular flexibility index (Phi) is 10.1. The van der Waals surface area contributed by atoms with Crippen LogP contribution < -0.4 is 14.8 Å². The Bertz CT molecular complexity index is 1160. The van der Waals surface area contributed by atoms with E-state index in [-0.39, 0.29) is 31.0 Å². The fraction of sp³-hybridized carbons (Fsp3) is 0.355. The van der Waals surface area contributed by atoms with Crippen molar-refractivity contribution >= 4 is 11.8 Å². The predicted octanol–water partition coefficient (Wildman–Crippen LogP) is 5.25. The van der Waals surface area contributed by atoms with Gasteiger partial charge in [0, 0.05) is 19.0 Å². The number of carbonyl (C=O) groups is 2. The van der Waals surface area contributed by atoms with Gasteiger partial charge in [0.1, 0.15) is 17.5 Å². The summed E-state index contributed by atoms with van der Waals surface area (Å²) in [6.45, 7) is 8.05. The highest BCUT2D eigenvalue weighted by Gasteiger charge is 2.31. The van der Waals surface area contributed by atoms with Crippen LogP contribution in [0.2, 0.25) is 0 Å². The summed E-state index contributed by atoms with van der Waals surface area (Å²) in [5.41, 5.74) is 3.97. The molecule has 3 aromatic rings. The molecule has 0 bridgehead atoms. The van der Waals surface area contributed by atoms with Gasteiger partial charge in [-0.15, -0.1) is 0 Å². The number of methoxy groups -OCH3 is 1. The molecule has 2 atom stereocenters. The minimum absolute atomic E-state index is 0.00827. The lowest BCUT2D eigenvalue weighted by molar-refractivity contribution is -0.143. The molecule has 0 saturated heterocycles. The maximum absolute atomic E-state index is 13.7. The van der Waals surface area contributed by atoms with Crippen LogP contribution in [-0.2, 0) is 22.6 Å². The van der Waals surface area contributed by atoms with Crippen LogP contribution >= 0.6 is 0 Å². The van der Waals surface area contributed by atoms with Crippen LogP contribution in [0.3, 0.4) is 0 Å². The molecule has 0 spiro atoms. The Morgan fingerprint density at radius 3 is 2.22 bits per heavy atom. The van der Waals surface area contributed by atoms with Crippen molar-refractivity contribution in [2.24, 2.45) is 0 Å². The largest absolute Gasteiger partial charge is 0.497 e. The van der Waals surface area contributed by atoms with Crippen molar-refractivity contribution in [1.82, 2.24) is 10.2 Å². The summed E-state index contributed by atoms with van der Waals surface area (Å²) < 4.78 is 11.3. The normalized spacial score (nSPS) is 12.4. The van der Waals surface area contributed by atoms with E-state index in [9.17, 15) is 9.59 Å². The molecule has 2 amide bonds. The third kappa shape index (κ3) is 8.38. The molecule has 0 unspecified atom stereocenters. The van der Waals surface area contributed by atoms with Gasteiger partial charge in [-0.3, -0.25) is 9.59 Å². The van der Waals surface area contributed by atoms with Crippen molar-refractivity contribution in [3.05, 3.63) is 95.1 Å². The number of carbonyl (C=O) groups excluding carboxylic acids is 2. The monoisotopic (exact) mass is 502 g/mol. The van der Waals surface area contributed by atoms with Crippen LogP contribution in [0.4, 0.5) is 0 Å². The van der Waals surface area contributed by atoms with Crippen LogP contribution in [0, 0.1) is 13.8 Å². The van der Waals surface area contributed by atoms with Gasteiger partial charge in [-0.2, -0.15) is 0 Å². The van der Waals surface area contributed by atoms with Crippen molar-refractivity contribution in [2.75, 3.05) is 13.7 Å². The van der Waals surface area contributed by atoms with E-state index in [4.69, 9.17) is 9.47 Å². The molecule has 0 aliphatic rings. The van der Waals surface area contributed by atoms with E-state index in [1.807, 2.05) is 94.4 Å². The highest BCUT2D eigenvalue weighted by atomic mass is 16.5. The molecule has 0 radical (unpaired) electrons. The average molecular weight is 503 g/mol. The lowest BCUT2D eigenvalue weighted by Crippen LogP contribution is -2.53. The average Bonchev–Trinajstić information content (AvgIpc) is 2.89. The molecule has 3 aromatic carbocycles. The number of nitrogens with one attached hydrogen (secondary N) is 1. The second-order valence-electron chi connectivity index (χ2n) is 9.51. The van der Waals surface area contributed by atoms with Crippen LogP contribution in [0.1, 0.15) is 42.5 Å². The Labute approximate surface area is 220 Å². The van der Waals surface area contributed by atoms with Crippen molar-refractivity contribution in [3.8, 4) is 11.5 Å². The SMILES string of the molecule is CC[C@H](C)NC(=O)[C@H](Cc1ccccc1)N(Cc1cccc(OC)c1)C(=O)COc1cc(C)cc(C)c1. The Hall–Kier alpha value is -3.80. The summed E-state index contributed by atoms with van der Waals surface area (Å²) in [6.07, 6.45) is 1.19. The van der Waals surface area contributed by atoms with Gasteiger partial charge in [-0.05, 0) is 73.7 Å². The second kappa shape index (κ2) is 13.5. The summed E-state index contributed by atoms with van der Waals surface area (Å²) >= 11 is 0. The minimum Gasteiger partial charge on any atom is -0.497 e. The topological polar surface area (TPSA) is 67.9 Å². The van der Waals surface area contributed by atoms with E-state index >= 15 is 0 Å². The maximum Gasteiger partial charge on any atom is 0.261 e. The highest BCUT2D eigenvalue weighted by molar-refractivity contribution is 5.88. The molecule has 0 aromatic heterocycles. The minimum atomic E-state index is -0.710. The molecule has 1 N–H and O–H groups in total. The van der Waals surface area contributed by atoms with Gasteiger partial charge >= 0.3 is 0 Å². The van der Waals surface area contributed by atoms with Crippen molar-refractivity contribution in [1.29, 1.82) is 0 Å². The molecule has 6 heteroatoms. The zero-order valence-electron chi connectivity index (χ0n) is 22.5. The fourth-order valence-electron chi connectivity index (χ4n) is 4.21. The first-order chi connectivity index (χ1) is 17.8. The number of hydrogen-bond donors (Lipinski definition) is 1. The summed E-state index contributed by atoms with van der Waals surface area (Å²) in [4.78, 5) is 28.9. The quantitative estimate of drug-likeness (QED) is 0.368. The molecule has 37 heavy (non-hydrogen) atoms. The number of aryl methyl sites for hydroxylation is 2. The van der Waals surface area contributed by atoms with E-state index in [2.05, 4.69) is 11.4 Å².